The highest BCUT2D eigenvalue weighted by molar-refractivity contribution is 5.85. The summed E-state index contributed by atoms with van der Waals surface area (Å²) in [6, 6.07) is 18.1. The largest absolute Gasteiger partial charge is 0.489 e. The van der Waals surface area contributed by atoms with Crippen molar-refractivity contribution >= 4 is 18.3 Å². The fourth-order valence-corrected chi connectivity index (χ4v) is 3.28. The van der Waals surface area contributed by atoms with Gasteiger partial charge in [0.25, 0.3) is 0 Å². The Kier molecular flexibility index (Phi) is 8.10. The summed E-state index contributed by atoms with van der Waals surface area (Å²) in [7, 11) is 0. The number of nitrogens with one attached hydrogen (secondary N) is 1. The zero-order valence-electron chi connectivity index (χ0n) is 15.4. The first-order valence-corrected chi connectivity index (χ1v) is 9.08. The van der Waals surface area contributed by atoms with Crippen molar-refractivity contribution in [2.45, 2.75) is 31.4 Å². The lowest BCUT2D eigenvalue weighted by atomic mass is 9.82. The van der Waals surface area contributed by atoms with E-state index < -0.39 is 0 Å². The van der Waals surface area contributed by atoms with Gasteiger partial charge in [0.1, 0.15) is 12.4 Å². The van der Waals surface area contributed by atoms with E-state index >= 15 is 0 Å². The molecule has 0 atom stereocenters. The standard InChI is InChI=1S/C21H26N2O3.ClH/c22-13-10-20(24)23-21(11-14-25-15-12-21)18-6-8-19(9-7-18)26-16-17-4-2-1-3-5-17;/h1-9H,10-16,22H2,(H,23,24);1H. The Balaban J connectivity index is 0.00000261. The minimum atomic E-state index is -0.386. The van der Waals surface area contributed by atoms with Gasteiger partial charge in [0.15, 0.2) is 0 Å². The van der Waals surface area contributed by atoms with Crippen LogP contribution in [-0.4, -0.2) is 25.7 Å². The fraction of sp³-hybridized carbons (Fsp3) is 0.381. The molecule has 146 valence electrons. The molecule has 27 heavy (non-hydrogen) atoms. The van der Waals surface area contributed by atoms with Gasteiger partial charge in [-0.2, -0.15) is 0 Å². The lowest BCUT2D eigenvalue weighted by Crippen LogP contribution is -2.49. The molecule has 0 aromatic heterocycles. The lowest BCUT2D eigenvalue weighted by Gasteiger charge is -2.38. The molecule has 0 bridgehead atoms. The second-order valence-corrected chi connectivity index (χ2v) is 6.58. The molecule has 1 saturated heterocycles. The van der Waals surface area contributed by atoms with E-state index in [0.717, 1.165) is 29.7 Å². The monoisotopic (exact) mass is 390 g/mol. The summed E-state index contributed by atoms with van der Waals surface area (Å²) in [5.41, 5.74) is 7.34. The van der Waals surface area contributed by atoms with Gasteiger partial charge in [-0.05, 0) is 36.1 Å². The molecule has 5 nitrogen and oxygen atoms in total. The molecule has 2 aromatic carbocycles. The normalized spacial score (nSPS) is 15.4. The zero-order chi connectivity index (χ0) is 18.2. The number of nitrogens with two attached hydrogens (primary N) is 1. The zero-order valence-corrected chi connectivity index (χ0v) is 16.2. The van der Waals surface area contributed by atoms with Gasteiger partial charge in [-0.15, -0.1) is 12.4 Å². The molecule has 1 aliphatic rings. The predicted molar refractivity (Wildman–Crippen MR) is 108 cm³/mol. The van der Waals surface area contributed by atoms with Crippen molar-refractivity contribution in [2.24, 2.45) is 5.73 Å². The van der Waals surface area contributed by atoms with Crippen molar-refractivity contribution in [3.63, 3.8) is 0 Å². The summed E-state index contributed by atoms with van der Waals surface area (Å²) in [5.74, 6) is 0.798. The van der Waals surface area contributed by atoms with E-state index in [1.54, 1.807) is 0 Å². The summed E-state index contributed by atoms with van der Waals surface area (Å²) in [4.78, 5) is 12.2. The van der Waals surface area contributed by atoms with Crippen molar-refractivity contribution in [3.8, 4) is 5.75 Å². The number of carbonyl (C=O) groups is 1. The molecule has 0 radical (unpaired) electrons. The van der Waals surface area contributed by atoms with Crippen molar-refractivity contribution in [2.75, 3.05) is 19.8 Å². The molecule has 0 spiro atoms. The molecule has 0 unspecified atom stereocenters. The van der Waals surface area contributed by atoms with Crippen LogP contribution in [-0.2, 0) is 21.7 Å². The van der Waals surface area contributed by atoms with E-state index in [1.165, 1.54) is 0 Å². The molecule has 0 saturated carbocycles. The number of halogens is 1. The second-order valence-electron chi connectivity index (χ2n) is 6.58. The van der Waals surface area contributed by atoms with Crippen LogP contribution in [0.3, 0.4) is 0 Å². The minimum Gasteiger partial charge on any atom is -0.489 e. The van der Waals surface area contributed by atoms with E-state index in [0.29, 0.717) is 32.8 Å². The van der Waals surface area contributed by atoms with Crippen molar-refractivity contribution < 1.29 is 14.3 Å². The second kappa shape index (κ2) is 10.3. The maximum Gasteiger partial charge on any atom is 0.221 e. The summed E-state index contributed by atoms with van der Waals surface area (Å²) in [5, 5.41) is 3.19. The number of hydrogen-bond acceptors (Lipinski definition) is 4. The van der Waals surface area contributed by atoms with E-state index in [4.69, 9.17) is 15.2 Å². The smallest absolute Gasteiger partial charge is 0.221 e. The van der Waals surface area contributed by atoms with Gasteiger partial charge in [0.2, 0.25) is 5.91 Å². The van der Waals surface area contributed by atoms with Crippen LogP contribution in [0.2, 0.25) is 0 Å². The van der Waals surface area contributed by atoms with Gasteiger partial charge >= 0.3 is 0 Å². The van der Waals surface area contributed by atoms with E-state index in [2.05, 4.69) is 5.32 Å². The van der Waals surface area contributed by atoms with Crippen LogP contribution in [0.1, 0.15) is 30.4 Å². The maximum absolute atomic E-state index is 12.2. The van der Waals surface area contributed by atoms with Crippen molar-refractivity contribution in [1.29, 1.82) is 0 Å². The minimum absolute atomic E-state index is 0. The van der Waals surface area contributed by atoms with Crippen LogP contribution < -0.4 is 15.8 Å². The first-order chi connectivity index (χ1) is 12.7. The van der Waals surface area contributed by atoms with Crippen molar-refractivity contribution in [3.05, 3.63) is 65.7 Å². The van der Waals surface area contributed by atoms with Crippen LogP contribution in [0.5, 0.6) is 5.75 Å². The number of rotatable bonds is 7. The molecule has 1 fully saturated rings. The topological polar surface area (TPSA) is 73.6 Å². The molecule has 3 N–H and O–H groups in total. The summed E-state index contributed by atoms with van der Waals surface area (Å²) in [6.07, 6.45) is 1.85. The molecule has 1 amide bonds. The van der Waals surface area contributed by atoms with Gasteiger partial charge in [0.05, 0.1) is 5.54 Å². The van der Waals surface area contributed by atoms with Crippen molar-refractivity contribution in [1.82, 2.24) is 5.32 Å². The third kappa shape index (κ3) is 5.70. The van der Waals surface area contributed by atoms with Gasteiger partial charge in [-0.3, -0.25) is 4.79 Å². The first-order valence-electron chi connectivity index (χ1n) is 9.08. The highest BCUT2D eigenvalue weighted by Gasteiger charge is 2.35. The van der Waals surface area contributed by atoms with Crippen LogP contribution in [0.25, 0.3) is 0 Å². The number of carbonyl (C=O) groups excluding carboxylic acids is 1. The van der Waals surface area contributed by atoms with Crippen LogP contribution in [0, 0.1) is 0 Å². The number of amides is 1. The Labute approximate surface area is 166 Å². The quantitative estimate of drug-likeness (QED) is 0.761. The molecule has 2 aromatic rings. The highest BCUT2D eigenvalue weighted by atomic mass is 35.5. The van der Waals surface area contributed by atoms with Gasteiger partial charge in [-0.1, -0.05) is 42.5 Å². The Morgan fingerprint density at radius 2 is 1.74 bits per heavy atom. The molecule has 3 rings (SSSR count). The average Bonchev–Trinajstić information content (AvgIpc) is 2.68. The average molecular weight is 391 g/mol. The number of hydrogen-bond donors (Lipinski definition) is 2. The van der Waals surface area contributed by atoms with Gasteiger partial charge in [0, 0.05) is 26.2 Å². The molecular weight excluding hydrogens is 364 g/mol. The van der Waals surface area contributed by atoms with Crippen LogP contribution in [0.4, 0.5) is 0 Å². The predicted octanol–water partition coefficient (Wildman–Crippen LogP) is 3.16. The van der Waals surface area contributed by atoms with E-state index in [1.807, 2.05) is 54.6 Å². The molecule has 6 heteroatoms. The number of benzene rings is 2. The first kappa shape index (κ1) is 21.2. The third-order valence-corrected chi connectivity index (χ3v) is 4.75. The maximum atomic E-state index is 12.2. The highest BCUT2D eigenvalue weighted by Crippen LogP contribution is 2.33. The van der Waals surface area contributed by atoms with Gasteiger partial charge in [-0.25, -0.2) is 0 Å². The molecule has 0 aliphatic carbocycles. The SMILES string of the molecule is Cl.NCCC(=O)NC1(c2ccc(OCc3ccccc3)cc2)CCOCC1. The summed E-state index contributed by atoms with van der Waals surface area (Å²) in [6.45, 7) is 2.15. The van der Waals surface area contributed by atoms with Crippen LogP contribution >= 0.6 is 12.4 Å². The Morgan fingerprint density at radius 3 is 2.37 bits per heavy atom. The molecule has 1 aliphatic heterocycles. The fourth-order valence-electron chi connectivity index (χ4n) is 3.28. The third-order valence-electron chi connectivity index (χ3n) is 4.75. The number of ether oxygens (including phenoxy) is 2. The Morgan fingerprint density at radius 1 is 1.07 bits per heavy atom. The lowest BCUT2D eigenvalue weighted by molar-refractivity contribution is -0.124. The van der Waals surface area contributed by atoms with Gasteiger partial charge < -0.3 is 20.5 Å². The molecular formula is C21H27ClN2O3. The van der Waals surface area contributed by atoms with E-state index in [9.17, 15) is 4.79 Å². The summed E-state index contributed by atoms with van der Waals surface area (Å²) < 4.78 is 11.4. The molecule has 1 heterocycles. The Hall–Kier alpha value is -2.08. The summed E-state index contributed by atoms with van der Waals surface area (Å²) >= 11 is 0. The Bertz CT molecular complexity index is 701. The van der Waals surface area contributed by atoms with Crippen LogP contribution in [0.15, 0.2) is 54.6 Å². The van der Waals surface area contributed by atoms with E-state index in [-0.39, 0.29) is 23.9 Å².